The zero-order valence-electron chi connectivity index (χ0n) is 12.3. The average Bonchev–Trinajstić information content (AvgIpc) is 2.84. The van der Waals surface area contributed by atoms with Gasteiger partial charge >= 0.3 is 0 Å². The fourth-order valence-corrected chi connectivity index (χ4v) is 3.41. The molecule has 4 nitrogen and oxygen atoms in total. The Morgan fingerprint density at radius 2 is 1.90 bits per heavy atom. The van der Waals surface area contributed by atoms with Gasteiger partial charge in [0.05, 0.1) is 18.1 Å². The third-order valence-electron chi connectivity index (χ3n) is 4.61. The summed E-state index contributed by atoms with van der Waals surface area (Å²) in [6.45, 7) is 2.33. The molecular formula is C16H26N4. The molecule has 0 radical (unpaired) electrons. The first-order chi connectivity index (χ1) is 9.90. The molecule has 1 aromatic rings. The molecule has 1 saturated heterocycles. The summed E-state index contributed by atoms with van der Waals surface area (Å²) in [4.78, 5) is 9.14. The van der Waals surface area contributed by atoms with Crippen LogP contribution in [0.1, 0.15) is 50.6 Å². The highest BCUT2D eigenvalue weighted by atomic mass is 15.0. The predicted octanol–water partition coefficient (Wildman–Crippen LogP) is 2.76. The Morgan fingerprint density at radius 3 is 2.70 bits per heavy atom. The summed E-state index contributed by atoms with van der Waals surface area (Å²) in [5, 5.41) is 6.96. The van der Waals surface area contributed by atoms with Crippen molar-refractivity contribution in [3.63, 3.8) is 0 Å². The van der Waals surface area contributed by atoms with Gasteiger partial charge in [-0.3, -0.25) is 4.98 Å². The minimum atomic E-state index is 0.614. The monoisotopic (exact) mass is 274 g/mol. The van der Waals surface area contributed by atoms with Gasteiger partial charge in [-0.1, -0.05) is 12.8 Å². The Hall–Kier alpha value is -1.16. The van der Waals surface area contributed by atoms with Crippen LogP contribution in [0.4, 0.5) is 5.82 Å². The summed E-state index contributed by atoms with van der Waals surface area (Å²) in [5.41, 5.74) is 1.15. The van der Waals surface area contributed by atoms with Gasteiger partial charge in [-0.25, -0.2) is 4.98 Å². The van der Waals surface area contributed by atoms with Gasteiger partial charge in [0.25, 0.3) is 0 Å². The van der Waals surface area contributed by atoms with Gasteiger partial charge in [0.1, 0.15) is 5.82 Å². The number of nitrogens with zero attached hydrogens (tertiary/aromatic N) is 2. The van der Waals surface area contributed by atoms with E-state index in [4.69, 9.17) is 0 Å². The van der Waals surface area contributed by atoms with Gasteiger partial charge in [-0.15, -0.1) is 0 Å². The van der Waals surface area contributed by atoms with Gasteiger partial charge in [0, 0.05) is 6.04 Å². The molecule has 0 unspecified atom stereocenters. The van der Waals surface area contributed by atoms with Crippen molar-refractivity contribution in [2.24, 2.45) is 5.92 Å². The van der Waals surface area contributed by atoms with Crippen LogP contribution in [0, 0.1) is 5.92 Å². The molecule has 0 spiro atoms. The van der Waals surface area contributed by atoms with E-state index in [1.165, 1.54) is 51.5 Å². The summed E-state index contributed by atoms with van der Waals surface area (Å²) in [6.07, 6.45) is 14.1. The molecule has 0 amide bonds. The zero-order valence-corrected chi connectivity index (χ0v) is 12.3. The maximum absolute atomic E-state index is 4.60. The van der Waals surface area contributed by atoms with Crippen molar-refractivity contribution in [2.75, 3.05) is 18.4 Å². The van der Waals surface area contributed by atoms with E-state index in [1.807, 2.05) is 12.4 Å². The lowest BCUT2D eigenvalue weighted by atomic mass is 9.95. The van der Waals surface area contributed by atoms with Crippen LogP contribution in [0.2, 0.25) is 0 Å². The third-order valence-corrected chi connectivity index (χ3v) is 4.61. The average molecular weight is 274 g/mol. The van der Waals surface area contributed by atoms with E-state index in [0.29, 0.717) is 6.04 Å². The molecule has 0 bridgehead atoms. The van der Waals surface area contributed by atoms with Gasteiger partial charge in [-0.05, 0) is 57.5 Å². The molecule has 4 heteroatoms. The summed E-state index contributed by atoms with van der Waals surface area (Å²) in [6, 6.07) is 0.614. The molecule has 2 fully saturated rings. The molecule has 3 rings (SSSR count). The Morgan fingerprint density at radius 1 is 1.00 bits per heavy atom. The maximum Gasteiger partial charge on any atom is 0.144 e. The Kier molecular flexibility index (Phi) is 4.85. The highest BCUT2D eigenvalue weighted by Gasteiger charge is 2.16. The number of hydrogen-bond acceptors (Lipinski definition) is 4. The quantitative estimate of drug-likeness (QED) is 0.886. The number of nitrogens with one attached hydrogen (secondary N) is 2. The van der Waals surface area contributed by atoms with E-state index in [-0.39, 0.29) is 0 Å². The Balaban J connectivity index is 1.52. The fourth-order valence-electron chi connectivity index (χ4n) is 3.41. The molecule has 1 aliphatic heterocycles. The SMILES string of the molecule is c1nc(NC2CCCC2)cnc1C[C@@H]1CCCNCC1. The molecule has 20 heavy (non-hydrogen) atoms. The molecule has 1 atom stereocenters. The van der Waals surface area contributed by atoms with Crippen LogP contribution in [0.15, 0.2) is 12.4 Å². The summed E-state index contributed by atoms with van der Waals surface area (Å²) in [7, 11) is 0. The first-order valence-corrected chi connectivity index (χ1v) is 8.18. The van der Waals surface area contributed by atoms with Crippen molar-refractivity contribution in [3.05, 3.63) is 18.1 Å². The smallest absolute Gasteiger partial charge is 0.144 e. The number of rotatable bonds is 4. The highest BCUT2D eigenvalue weighted by molar-refractivity contribution is 5.32. The second kappa shape index (κ2) is 7.02. The molecule has 1 saturated carbocycles. The van der Waals surface area contributed by atoms with Crippen molar-refractivity contribution in [2.45, 2.75) is 57.4 Å². The molecular weight excluding hydrogens is 248 g/mol. The first-order valence-electron chi connectivity index (χ1n) is 8.18. The molecule has 0 aromatic carbocycles. The summed E-state index contributed by atoms with van der Waals surface area (Å²) in [5.74, 6) is 1.72. The van der Waals surface area contributed by atoms with Crippen molar-refractivity contribution >= 4 is 5.82 Å². The summed E-state index contributed by atoms with van der Waals surface area (Å²) < 4.78 is 0. The zero-order chi connectivity index (χ0) is 13.6. The molecule has 2 heterocycles. The van der Waals surface area contributed by atoms with Crippen LogP contribution in [-0.4, -0.2) is 29.1 Å². The first kappa shape index (κ1) is 13.8. The van der Waals surface area contributed by atoms with Gasteiger partial charge in [0.15, 0.2) is 0 Å². The molecule has 2 N–H and O–H groups in total. The Bertz CT molecular complexity index is 389. The molecule has 2 aliphatic rings. The lowest BCUT2D eigenvalue weighted by Crippen LogP contribution is -2.16. The van der Waals surface area contributed by atoms with Gasteiger partial charge in [0.2, 0.25) is 0 Å². The molecule has 110 valence electrons. The minimum absolute atomic E-state index is 0.614. The predicted molar refractivity (Wildman–Crippen MR) is 81.8 cm³/mol. The second-order valence-electron chi connectivity index (χ2n) is 6.27. The van der Waals surface area contributed by atoms with E-state index < -0.39 is 0 Å². The lowest BCUT2D eigenvalue weighted by molar-refractivity contribution is 0.464. The highest BCUT2D eigenvalue weighted by Crippen LogP contribution is 2.22. The minimum Gasteiger partial charge on any atom is -0.366 e. The fraction of sp³-hybridized carbons (Fsp3) is 0.750. The van der Waals surface area contributed by atoms with Crippen LogP contribution < -0.4 is 10.6 Å². The molecule has 1 aliphatic carbocycles. The Labute approximate surface area is 121 Å². The largest absolute Gasteiger partial charge is 0.366 e. The van der Waals surface area contributed by atoms with Crippen molar-refractivity contribution in [1.82, 2.24) is 15.3 Å². The van der Waals surface area contributed by atoms with Crippen LogP contribution >= 0.6 is 0 Å². The number of anilines is 1. The van der Waals surface area contributed by atoms with E-state index in [1.54, 1.807) is 0 Å². The normalized spacial score (nSPS) is 24.5. The van der Waals surface area contributed by atoms with E-state index in [2.05, 4.69) is 20.6 Å². The van der Waals surface area contributed by atoms with E-state index >= 15 is 0 Å². The number of aromatic nitrogens is 2. The van der Waals surface area contributed by atoms with Crippen LogP contribution in [0.25, 0.3) is 0 Å². The topological polar surface area (TPSA) is 49.8 Å². The van der Waals surface area contributed by atoms with E-state index in [0.717, 1.165) is 30.4 Å². The third kappa shape index (κ3) is 3.92. The molecule has 1 aromatic heterocycles. The summed E-state index contributed by atoms with van der Waals surface area (Å²) >= 11 is 0. The van der Waals surface area contributed by atoms with Crippen LogP contribution in [0.3, 0.4) is 0 Å². The van der Waals surface area contributed by atoms with Crippen molar-refractivity contribution < 1.29 is 0 Å². The van der Waals surface area contributed by atoms with Crippen molar-refractivity contribution in [1.29, 1.82) is 0 Å². The lowest BCUT2D eigenvalue weighted by Gasteiger charge is -2.14. The standard InChI is InChI=1S/C16H26N4/c1-2-6-14(5-1)20-16-12-18-15(11-19-16)10-13-4-3-8-17-9-7-13/h11-14,17H,1-10H2,(H,19,20)/t13-/m1/s1. The van der Waals surface area contributed by atoms with Gasteiger partial charge < -0.3 is 10.6 Å². The maximum atomic E-state index is 4.60. The van der Waals surface area contributed by atoms with Crippen LogP contribution in [-0.2, 0) is 6.42 Å². The van der Waals surface area contributed by atoms with Crippen LogP contribution in [0.5, 0.6) is 0 Å². The van der Waals surface area contributed by atoms with E-state index in [9.17, 15) is 0 Å². The van der Waals surface area contributed by atoms with Crippen molar-refractivity contribution in [3.8, 4) is 0 Å². The second-order valence-corrected chi connectivity index (χ2v) is 6.27. The number of hydrogen-bond donors (Lipinski definition) is 2. The van der Waals surface area contributed by atoms with Gasteiger partial charge in [-0.2, -0.15) is 0 Å².